The maximum atomic E-state index is 13.3. The van der Waals surface area contributed by atoms with Gasteiger partial charge >= 0.3 is 0 Å². The third-order valence-corrected chi connectivity index (χ3v) is 6.56. The highest BCUT2D eigenvalue weighted by atomic mass is 16.5. The third-order valence-electron chi connectivity index (χ3n) is 6.56. The molecule has 0 saturated carbocycles. The topological polar surface area (TPSA) is 85.3 Å². The Labute approximate surface area is 215 Å². The Morgan fingerprint density at radius 3 is 2.43 bits per heavy atom. The van der Waals surface area contributed by atoms with Crippen LogP contribution in [0.15, 0.2) is 84.4 Å². The van der Waals surface area contributed by atoms with Crippen molar-refractivity contribution in [3.05, 3.63) is 95.6 Å². The zero-order valence-electron chi connectivity index (χ0n) is 20.6. The number of ketones is 1. The summed E-state index contributed by atoms with van der Waals surface area (Å²) in [7, 11) is 0. The van der Waals surface area contributed by atoms with E-state index in [1.54, 1.807) is 30.3 Å². The molecule has 0 aromatic heterocycles. The molecule has 1 N–H and O–H groups in total. The molecule has 190 valence electrons. The third kappa shape index (κ3) is 5.22. The van der Waals surface area contributed by atoms with Crippen LogP contribution in [0.5, 0.6) is 17.2 Å². The summed E-state index contributed by atoms with van der Waals surface area (Å²) in [5.41, 5.74) is 1.14. The summed E-state index contributed by atoms with van der Waals surface area (Å²) in [6, 6.07) is 22.7. The van der Waals surface area contributed by atoms with Crippen molar-refractivity contribution in [3.63, 3.8) is 0 Å². The van der Waals surface area contributed by atoms with Crippen molar-refractivity contribution in [2.75, 3.05) is 19.8 Å². The Bertz CT molecular complexity index is 1300. The van der Waals surface area contributed by atoms with E-state index in [4.69, 9.17) is 14.2 Å². The van der Waals surface area contributed by atoms with Gasteiger partial charge in [0.2, 0.25) is 0 Å². The van der Waals surface area contributed by atoms with Crippen molar-refractivity contribution in [1.82, 2.24) is 4.90 Å². The van der Waals surface area contributed by atoms with E-state index in [0.717, 1.165) is 12.8 Å². The van der Waals surface area contributed by atoms with Crippen molar-refractivity contribution >= 4 is 17.4 Å². The number of likely N-dealkylation sites (tertiary alicyclic amines) is 1. The van der Waals surface area contributed by atoms with E-state index in [1.807, 2.05) is 55.5 Å². The molecule has 37 heavy (non-hydrogen) atoms. The van der Waals surface area contributed by atoms with Crippen LogP contribution in [0.25, 0.3) is 5.76 Å². The predicted octanol–water partition coefficient (Wildman–Crippen LogP) is 5.48. The second kappa shape index (κ2) is 10.9. The highest BCUT2D eigenvalue weighted by Gasteiger charge is 2.47. The number of aliphatic hydroxyl groups excluding tert-OH is 1. The molecular weight excluding hydrogens is 470 g/mol. The van der Waals surface area contributed by atoms with E-state index in [9.17, 15) is 14.7 Å². The minimum Gasteiger partial charge on any atom is -0.507 e. The second-order valence-corrected chi connectivity index (χ2v) is 9.03. The van der Waals surface area contributed by atoms with Gasteiger partial charge in [0.25, 0.3) is 11.7 Å². The highest BCUT2D eigenvalue weighted by Crippen LogP contribution is 2.41. The lowest BCUT2D eigenvalue weighted by atomic mass is 9.95. The van der Waals surface area contributed by atoms with Gasteiger partial charge in [-0.2, -0.15) is 0 Å². The molecular formula is C30H29NO6. The number of rotatable bonds is 8. The normalized spacial score (nSPS) is 20.8. The maximum Gasteiger partial charge on any atom is 0.295 e. The minimum absolute atomic E-state index is 0.0454. The number of hydrogen-bond donors (Lipinski definition) is 1. The SMILES string of the molecule is CCOc1ccc(C(O)=C2C(=O)C(=O)N(C[C@H]3CCCO3)[C@H]2c2cccc(Oc3ccccc3)c2)cc1. The van der Waals surface area contributed by atoms with Gasteiger partial charge in [-0.25, -0.2) is 0 Å². The Balaban J connectivity index is 1.56. The van der Waals surface area contributed by atoms with Gasteiger partial charge in [-0.3, -0.25) is 9.59 Å². The molecule has 2 aliphatic rings. The maximum absolute atomic E-state index is 13.3. The first-order valence-electron chi connectivity index (χ1n) is 12.5. The molecule has 1 amide bonds. The fourth-order valence-electron chi connectivity index (χ4n) is 4.83. The van der Waals surface area contributed by atoms with E-state index in [0.29, 0.717) is 41.6 Å². The van der Waals surface area contributed by atoms with Gasteiger partial charge in [-0.1, -0.05) is 30.3 Å². The van der Waals surface area contributed by atoms with E-state index >= 15 is 0 Å². The van der Waals surface area contributed by atoms with E-state index in [2.05, 4.69) is 0 Å². The number of aliphatic hydroxyl groups is 1. The number of amides is 1. The average molecular weight is 500 g/mol. The minimum atomic E-state index is -0.782. The van der Waals surface area contributed by atoms with Crippen LogP contribution >= 0.6 is 0 Å². The molecule has 0 spiro atoms. The largest absolute Gasteiger partial charge is 0.507 e. The molecule has 2 saturated heterocycles. The molecule has 7 nitrogen and oxygen atoms in total. The van der Waals surface area contributed by atoms with E-state index < -0.39 is 17.7 Å². The van der Waals surface area contributed by atoms with Crippen molar-refractivity contribution in [2.24, 2.45) is 0 Å². The number of nitrogens with zero attached hydrogens (tertiary/aromatic N) is 1. The van der Waals surface area contributed by atoms with Gasteiger partial charge < -0.3 is 24.2 Å². The standard InChI is InChI=1S/C30H29NO6/c1-2-35-22-15-13-20(14-16-22)28(32)26-27(31(30(34)29(26)33)19-25-12-7-17-36-25)21-8-6-11-24(18-21)37-23-9-4-3-5-10-23/h3-6,8-11,13-16,18,25,27,32H,2,7,12,17,19H2,1H3/t25-,27+/m1/s1. The lowest BCUT2D eigenvalue weighted by molar-refractivity contribution is -0.140. The van der Waals surface area contributed by atoms with Crippen LogP contribution in [-0.4, -0.2) is 47.6 Å². The Morgan fingerprint density at radius 1 is 0.973 bits per heavy atom. The van der Waals surface area contributed by atoms with Gasteiger partial charge in [0, 0.05) is 18.7 Å². The molecule has 2 atom stereocenters. The molecule has 2 fully saturated rings. The summed E-state index contributed by atoms with van der Waals surface area (Å²) in [5.74, 6) is 0.289. The van der Waals surface area contributed by atoms with Crippen molar-refractivity contribution in [1.29, 1.82) is 0 Å². The van der Waals surface area contributed by atoms with E-state index in [-0.39, 0.29) is 24.0 Å². The predicted molar refractivity (Wildman–Crippen MR) is 139 cm³/mol. The summed E-state index contributed by atoms with van der Waals surface area (Å²) < 4.78 is 17.3. The van der Waals surface area contributed by atoms with Crippen molar-refractivity contribution in [3.8, 4) is 17.2 Å². The first kappa shape index (κ1) is 24.6. The van der Waals surface area contributed by atoms with Crippen molar-refractivity contribution in [2.45, 2.75) is 31.9 Å². The smallest absolute Gasteiger partial charge is 0.295 e. The number of Topliss-reactive ketones (excluding diaryl/α,β-unsaturated/α-hetero) is 1. The quantitative estimate of drug-likeness (QED) is 0.251. The number of carbonyl (C=O) groups is 2. The van der Waals surface area contributed by atoms with E-state index in [1.165, 1.54) is 4.90 Å². The zero-order chi connectivity index (χ0) is 25.8. The van der Waals surface area contributed by atoms with Gasteiger partial charge in [0.15, 0.2) is 0 Å². The zero-order valence-corrected chi connectivity index (χ0v) is 20.6. The molecule has 5 rings (SSSR count). The van der Waals surface area contributed by atoms with Crippen LogP contribution in [0.3, 0.4) is 0 Å². The molecule has 7 heteroatoms. The summed E-state index contributed by atoms with van der Waals surface area (Å²) >= 11 is 0. The van der Waals surface area contributed by atoms with Crippen LogP contribution < -0.4 is 9.47 Å². The molecule has 3 aromatic carbocycles. The summed E-state index contributed by atoms with van der Waals surface area (Å²) in [4.78, 5) is 28.1. The lowest BCUT2D eigenvalue weighted by Gasteiger charge is -2.27. The van der Waals surface area contributed by atoms with Crippen LogP contribution in [0.4, 0.5) is 0 Å². The number of carbonyl (C=O) groups excluding carboxylic acids is 2. The molecule has 0 radical (unpaired) electrons. The van der Waals surface area contributed by atoms with Gasteiger partial charge in [0.1, 0.15) is 23.0 Å². The molecule has 0 unspecified atom stereocenters. The number of hydrogen-bond acceptors (Lipinski definition) is 6. The first-order valence-corrected chi connectivity index (χ1v) is 12.5. The number of para-hydroxylation sites is 1. The van der Waals surface area contributed by atoms with Crippen LogP contribution in [0.1, 0.15) is 36.9 Å². The summed E-state index contributed by atoms with van der Waals surface area (Å²) in [6.07, 6.45) is 1.56. The molecule has 2 aliphatic heterocycles. The van der Waals surface area contributed by atoms with Crippen LogP contribution in [0.2, 0.25) is 0 Å². The molecule has 0 bridgehead atoms. The number of ether oxygens (including phenoxy) is 3. The monoisotopic (exact) mass is 499 g/mol. The molecule has 0 aliphatic carbocycles. The van der Waals surface area contributed by atoms with Gasteiger partial charge in [-0.05, 0) is 73.9 Å². The lowest BCUT2D eigenvalue weighted by Crippen LogP contribution is -2.36. The summed E-state index contributed by atoms with van der Waals surface area (Å²) in [6.45, 7) is 3.30. The number of benzene rings is 3. The van der Waals surface area contributed by atoms with Gasteiger partial charge in [-0.15, -0.1) is 0 Å². The fourth-order valence-corrected chi connectivity index (χ4v) is 4.83. The fraction of sp³-hybridized carbons (Fsp3) is 0.267. The Kier molecular flexibility index (Phi) is 7.23. The van der Waals surface area contributed by atoms with Crippen LogP contribution in [0, 0.1) is 0 Å². The Morgan fingerprint density at radius 2 is 1.73 bits per heavy atom. The second-order valence-electron chi connectivity index (χ2n) is 9.03. The molecule has 2 heterocycles. The summed E-state index contributed by atoms with van der Waals surface area (Å²) in [5, 5.41) is 11.3. The molecule has 3 aromatic rings. The van der Waals surface area contributed by atoms with Crippen molar-refractivity contribution < 1.29 is 28.9 Å². The Hall–Kier alpha value is -4.10. The first-order chi connectivity index (χ1) is 18.0. The average Bonchev–Trinajstić information content (AvgIpc) is 3.52. The van der Waals surface area contributed by atoms with Gasteiger partial charge in [0.05, 0.1) is 24.3 Å². The van der Waals surface area contributed by atoms with Crippen LogP contribution in [-0.2, 0) is 14.3 Å². The highest BCUT2D eigenvalue weighted by molar-refractivity contribution is 6.46.